The SMILES string of the molecule is CC(C(=O)Nc1cccc(Br)c1)N(c1ccccc1F)S(C)(=O)=O. The van der Waals surface area contributed by atoms with E-state index in [1.807, 2.05) is 0 Å². The number of rotatable bonds is 5. The zero-order chi connectivity index (χ0) is 17.9. The number of carbonyl (C=O) groups excluding carboxylic acids is 1. The van der Waals surface area contributed by atoms with Crippen LogP contribution in [-0.2, 0) is 14.8 Å². The molecule has 1 amide bonds. The van der Waals surface area contributed by atoms with Gasteiger partial charge in [-0.15, -0.1) is 0 Å². The van der Waals surface area contributed by atoms with Crippen molar-refractivity contribution in [1.29, 1.82) is 0 Å². The van der Waals surface area contributed by atoms with Gasteiger partial charge in [0.05, 0.1) is 11.9 Å². The lowest BCUT2D eigenvalue weighted by atomic mass is 10.2. The maximum absolute atomic E-state index is 14.0. The number of hydrogen-bond donors (Lipinski definition) is 1. The summed E-state index contributed by atoms with van der Waals surface area (Å²) in [7, 11) is -3.86. The van der Waals surface area contributed by atoms with Crippen LogP contribution in [0.1, 0.15) is 6.92 Å². The minimum Gasteiger partial charge on any atom is -0.324 e. The van der Waals surface area contributed by atoms with Crippen LogP contribution in [-0.4, -0.2) is 26.6 Å². The van der Waals surface area contributed by atoms with Crippen molar-refractivity contribution in [2.45, 2.75) is 13.0 Å². The van der Waals surface area contributed by atoms with Crippen LogP contribution in [0.5, 0.6) is 0 Å². The van der Waals surface area contributed by atoms with Crippen molar-refractivity contribution in [1.82, 2.24) is 0 Å². The van der Waals surface area contributed by atoms with E-state index in [-0.39, 0.29) is 5.69 Å². The van der Waals surface area contributed by atoms with Crippen LogP contribution in [0, 0.1) is 5.82 Å². The molecule has 0 aliphatic carbocycles. The van der Waals surface area contributed by atoms with Gasteiger partial charge in [-0.05, 0) is 37.3 Å². The lowest BCUT2D eigenvalue weighted by Gasteiger charge is -2.28. The molecular weight excluding hydrogens is 399 g/mol. The van der Waals surface area contributed by atoms with Gasteiger partial charge in [-0.1, -0.05) is 34.1 Å². The van der Waals surface area contributed by atoms with Crippen molar-refractivity contribution >= 4 is 43.2 Å². The van der Waals surface area contributed by atoms with Crippen molar-refractivity contribution < 1.29 is 17.6 Å². The highest BCUT2D eigenvalue weighted by Gasteiger charge is 2.30. The van der Waals surface area contributed by atoms with Crippen LogP contribution in [0.15, 0.2) is 53.0 Å². The Morgan fingerprint density at radius 2 is 1.88 bits per heavy atom. The smallest absolute Gasteiger partial charge is 0.247 e. The maximum Gasteiger partial charge on any atom is 0.247 e. The van der Waals surface area contributed by atoms with E-state index in [4.69, 9.17) is 0 Å². The van der Waals surface area contributed by atoms with E-state index in [1.165, 1.54) is 25.1 Å². The first-order valence-corrected chi connectivity index (χ1v) is 9.64. The number of carbonyl (C=O) groups is 1. The Kier molecular flexibility index (Phi) is 5.61. The first-order chi connectivity index (χ1) is 11.2. The summed E-state index contributed by atoms with van der Waals surface area (Å²) < 4.78 is 39.8. The third-order valence-electron chi connectivity index (χ3n) is 3.27. The fourth-order valence-electron chi connectivity index (χ4n) is 2.22. The molecule has 5 nitrogen and oxygen atoms in total. The van der Waals surface area contributed by atoms with Gasteiger partial charge in [0.25, 0.3) is 0 Å². The number of halogens is 2. The number of nitrogens with zero attached hydrogens (tertiary/aromatic N) is 1. The topological polar surface area (TPSA) is 66.5 Å². The number of benzene rings is 2. The lowest BCUT2D eigenvalue weighted by Crippen LogP contribution is -2.45. The van der Waals surface area contributed by atoms with Gasteiger partial charge in [0.2, 0.25) is 15.9 Å². The molecular formula is C16H16BrFN2O3S. The third-order valence-corrected chi connectivity index (χ3v) is 4.99. The van der Waals surface area contributed by atoms with E-state index in [0.29, 0.717) is 5.69 Å². The number of sulfonamides is 1. The van der Waals surface area contributed by atoms with E-state index in [2.05, 4.69) is 21.2 Å². The number of amides is 1. The van der Waals surface area contributed by atoms with Crippen molar-refractivity contribution in [2.24, 2.45) is 0 Å². The normalized spacial score (nSPS) is 12.5. The molecule has 128 valence electrons. The summed E-state index contributed by atoms with van der Waals surface area (Å²) in [6.07, 6.45) is 0.933. The highest BCUT2D eigenvalue weighted by molar-refractivity contribution is 9.10. The highest BCUT2D eigenvalue weighted by Crippen LogP contribution is 2.25. The molecule has 0 aliphatic heterocycles. The molecule has 0 bridgehead atoms. The largest absolute Gasteiger partial charge is 0.324 e. The Balaban J connectivity index is 2.33. The van der Waals surface area contributed by atoms with Crippen LogP contribution < -0.4 is 9.62 Å². The molecule has 2 aromatic rings. The summed E-state index contributed by atoms with van der Waals surface area (Å²) in [6.45, 7) is 1.40. The van der Waals surface area contributed by atoms with E-state index < -0.39 is 27.8 Å². The molecule has 2 aromatic carbocycles. The molecule has 0 spiro atoms. The summed E-state index contributed by atoms with van der Waals surface area (Å²) in [5, 5.41) is 2.63. The fourth-order valence-corrected chi connectivity index (χ4v) is 3.80. The summed E-state index contributed by atoms with van der Waals surface area (Å²) >= 11 is 3.29. The second kappa shape index (κ2) is 7.31. The predicted molar refractivity (Wildman–Crippen MR) is 96.0 cm³/mol. The molecule has 1 N–H and O–H groups in total. The molecule has 0 saturated heterocycles. The molecule has 2 rings (SSSR count). The Morgan fingerprint density at radius 3 is 2.46 bits per heavy atom. The van der Waals surface area contributed by atoms with E-state index in [9.17, 15) is 17.6 Å². The predicted octanol–water partition coefficient (Wildman–Crippen LogP) is 3.38. The van der Waals surface area contributed by atoms with Gasteiger partial charge in [-0.25, -0.2) is 12.8 Å². The van der Waals surface area contributed by atoms with Crippen molar-refractivity contribution in [3.63, 3.8) is 0 Å². The minimum absolute atomic E-state index is 0.170. The molecule has 1 unspecified atom stereocenters. The van der Waals surface area contributed by atoms with Gasteiger partial charge in [0.15, 0.2) is 0 Å². The molecule has 24 heavy (non-hydrogen) atoms. The van der Waals surface area contributed by atoms with E-state index >= 15 is 0 Å². The molecule has 0 heterocycles. The maximum atomic E-state index is 14.0. The average molecular weight is 415 g/mol. The Hall–Kier alpha value is -1.93. The van der Waals surface area contributed by atoms with Crippen molar-refractivity contribution in [3.05, 3.63) is 58.8 Å². The standard InChI is InChI=1S/C16H16BrFN2O3S/c1-11(16(21)19-13-7-5-6-12(17)10-13)20(24(2,22)23)15-9-4-3-8-14(15)18/h3-11H,1-2H3,(H,19,21). The van der Waals surface area contributed by atoms with Gasteiger partial charge in [0, 0.05) is 10.2 Å². The van der Waals surface area contributed by atoms with Crippen molar-refractivity contribution in [3.8, 4) is 0 Å². The molecule has 0 saturated carbocycles. The zero-order valence-electron chi connectivity index (χ0n) is 13.0. The number of anilines is 2. The highest BCUT2D eigenvalue weighted by atomic mass is 79.9. The second-order valence-corrected chi connectivity index (χ2v) is 7.96. The minimum atomic E-state index is -3.86. The average Bonchev–Trinajstić information content (AvgIpc) is 2.48. The van der Waals surface area contributed by atoms with Crippen LogP contribution >= 0.6 is 15.9 Å². The number of para-hydroxylation sites is 1. The van der Waals surface area contributed by atoms with Gasteiger partial charge < -0.3 is 5.32 Å². The van der Waals surface area contributed by atoms with E-state index in [1.54, 1.807) is 24.3 Å². The van der Waals surface area contributed by atoms with Crippen molar-refractivity contribution in [2.75, 3.05) is 15.9 Å². The first kappa shape index (κ1) is 18.4. The molecule has 0 aliphatic rings. The Labute approximate surface area is 148 Å². The van der Waals surface area contributed by atoms with Crippen LogP contribution in [0.2, 0.25) is 0 Å². The summed E-state index contributed by atoms with van der Waals surface area (Å²) in [6, 6.07) is 11.2. The lowest BCUT2D eigenvalue weighted by molar-refractivity contribution is -0.116. The summed E-state index contributed by atoms with van der Waals surface area (Å²) in [5.41, 5.74) is 0.333. The summed E-state index contributed by atoms with van der Waals surface area (Å²) in [5.74, 6) is -1.29. The molecule has 0 fully saturated rings. The zero-order valence-corrected chi connectivity index (χ0v) is 15.4. The fraction of sp³-hybridized carbons (Fsp3) is 0.188. The first-order valence-electron chi connectivity index (χ1n) is 7.00. The number of hydrogen-bond acceptors (Lipinski definition) is 3. The quantitative estimate of drug-likeness (QED) is 0.815. The van der Waals surface area contributed by atoms with Gasteiger partial charge in [-0.3, -0.25) is 9.10 Å². The van der Waals surface area contributed by atoms with Crippen LogP contribution in [0.25, 0.3) is 0 Å². The molecule has 0 aromatic heterocycles. The van der Waals surface area contributed by atoms with Crippen LogP contribution in [0.3, 0.4) is 0 Å². The van der Waals surface area contributed by atoms with Gasteiger partial charge in [0.1, 0.15) is 11.9 Å². The second-order valence-electron chi connectivity index (χ2n) is 5.19. The van der Waals surface area contributed by atoms with Gasteiger partial charge in [-0.2, -0.15) is 0 Å². The Morgan fingerprint density at radius 1 is 1.21 bits per heavy atom. The third kappa shape index (κ3) is 4.33. The Bertz CT molecular complexity index is 858. The molecule has 1 atom stereocenters. The summed E-state index contributed by atoms with van der Waals surface area (Å²) in [4.78, 5) is 12.4. The monoisotopic (exact) mass is 414 g/mol. The number of nitrogens with one attached hydrogen (secondary N) is 1. The molecule has 0 radical (unpaired) electrons. The molecule has 8 heteroatoms. The van der Waals surface area contributed by atoms with Crippen LogP contribution in [0.4, 0.5) is 15.8 Å². The van der Waals surface area contributed by atoms with Gasteiger partial charge >= 0.3 is 0 Å². The van der Waals surface area contributed by atoms with E-state index in [0.717, 1.165) is 21.1 Å².